The Balaban J connectivity index is 1.87. The summed E-state index contributed by atoms with van der Waals surface area (Å²) in [5.41, 5.74) is 0.465. The lowest BCUT2D eigenvalue weighted by atomic mass is 10.1. The van der Waals surface area contributed by atoms with E-state index in [1.54, 1.807) is 19.2 Å². The van der Waals surface area contributed by atoms with Crippen LogP contribution in [0.15, 0.2) is 27.1 Å². The van der Waals surface area contributed by atoms with Crippen molar-refractivity contribution in [3.05, 3.63) is 27.9 Å². The van der Waals surface area contributed by atoms with Crippen LogP contribution in [0.25, 0.3) is 0 Å². The number of aromatic nitrogens is 2. The van der Waals surface area contributed by atoms with E-state index < -0.39 is 10.0 Å². The van der Waals surface area contributed by atoms with Crippen molar-refractivity contribution >= 4 is 48.8 Å². The molecule has 3 rings (SSSR count). The Bertz CT molecular complexity index is 847. The number of pyridine rings is 1. The first kappa shape index (κ1) is 17.6. The number of likely N-dealkylation sites (N-methyl/N-ethyl adjacent to an activating group) is 1. The molecule has 1 aliphatic heterocycles. The lowest BCUT2D eigenvalue weighted by Gasteiger charge is -2.44. The molecule has 3 heterocycles. The zero-order valence-corrected chi connectivity index (χ0v) is 16.7. The van der Waals surface area contributed by atoms with E-state index in [0.29, 0.717) is 27.0 Å². The van der Waals surface area contributed by atoms with Crippen LogP contribution in [0, 0.1) is 6.92 Å². The van der Waals surface area contributed by atoms with E-state index in [9.17, 15) is 8.42 Å². The van der Waals surface area contributed by atoms with Crippen LogP contribution in [0.4, 0.5) is 11.5 Å². The van der Waals surface area contributed by atoms with Gasteiger partial charge in [-0.1, -0.05) is 0 Å². The van der Waals surface area contributed by atoms with Gasteiger partial charge in [0, 0.05) is 29.8 Å². The highest BCUT2D eigenvalue weighted by Gasteiger charge is 2.31. The first-order chi connectivity index (χ1) is 11.3. The fourth-order valence-electron chi connectivity index (χ4n) is 2.38. The quantitative estimate of drug-likeness (QED) is 0.781. The van der Waals surface area contributed by atoms with Crippen molar-refractivity contribution in [1.82, 2.24) is 14.9 Å². The fraction of sp³-hybridized carbons (Fsp3) is 0.429. The second-order valence-electron chi connectivity index (χ2n) is 5.85. The number of nitrogens with zero attached hydrogens (tertiary/aromatic N) is 4. The van der Waals surface area contributed by atoms with Crippen molar-refractivity contribution in [1.29, 1.82) is 0 Å². The van der Waals surface area contributed by atoms with E-state index in [-0.39, 0.29) is 4.21 Å². The SMILES string of the molecule is Cc1ncc(S(=O)(=O)Nc2cc(Br)cnc2N2CC(N(C)C)C2)s1. The van der Waals surface area contributed by atoms with Gasteiger partial charge in [0.25, 0.3) is 10.0 Å². The molecule has 0 aliphatic carbocycles. The summed E-state index contributed by atoms with van der Waals surface area (Å²) in [6, 6.07) is 2.18. The maximum Gasteiger partial charge on any atom is 0.273 e. The number of nitrogens with one attached hydrogen (secondary N) is 1. The molecule has 0 bridgehead atoms. The van der Waals surface area contributed by atoms with Crippen LogP contribution in [0.1, 0.15) is 5.01 Å². The van der Waals surface area contributed by atoms with Crippen molar-refractivity contribution in [2.45, 2.75) is 17.2 Å². The molecule has 0 spiro atoms. The first-order valence-electron chi connectivity index (χ1n) is 7.28. The van der Waals surface area contributed by atoms with Crippen LogP contribution < -0.4 is 9.62 Å². The monoisotopic (exact) mass is 431 g/mol. The third-order valence-electron chi connectivity index (χ3n) is 3.83. The lowest BCUT2D eigenvalue weighted by Crippen LogP contribution is -2.57. The van der Waals surface area contributed by atoms with Gasteiger partial charge in [0.1, 0.15) is 0 Å². The summed E-state index contributed by atoms with van der Waals surface area (Å²) in [5, 5.41) is 0.708. The van der Waals surface area contributed by atoms with Crippen LogP contribution in [-0.2, 0) is 10.0 Å². The molecule has 0 radical (unpaired) electrons. The van der Waals surface area contributed by atoms with Crippen molar-refractivity contribution in [2.24, 2.45) is 0 Å². The van der Waals surface area contributed by atoms with E-state index in [1.807, 2.05) is 14.1 Å². The highest BCUT2D eigenvalue weighted by Crippen LogP contribution is 2.32. The topological polar surface area (TPSA) is 78.4 Å². The number of rotatable bonds is 5. The normalized spacial score (nSPS) is 15.6. The molecule has 0 aromatic carbocycles. The molecule has 0 saturated carbocycles. The Morgan fingerprint density at radius 3 is 2.62 bits per heavy atom. The van der Waals surface area contributed by atoms with Gasteiger partial charge in [-0.2, -0.15) is 0 Å². The molecular formula is C14H18BrN5O2S2. The predicted molar refractivity (Wildman–Crippen MR) is 99.3 cm³/mol. The van der Waals surface area contributed by atoms with Gasteiger partial charge in [-0.25, -0.2) is 18.4 Å². The molecular weight excluding hydrogens is 414 g/mol. The average Bonchev–Trinajstić information content (AvgIpc) is 2.86. The maximum absolute atomic E-state index is 12.6. The highest BCUT2D eigenvalue weighted by atomic mass is 79.9. The molecule has 130 valence electrons. The Hall–Kier alpha value is -1.23. The molecule has 2 aromatic heterocycles. The predicted octanol–water partition coefficient (Wildman–Crippen LogP) is 2.16. The smallest absolute Gasteiger partial charge is 0.273 e. The van der Waals surface area contributed by atoms with E-state index in [0.717, 1.165) is 24.4 Å². The zero-order valence-electron chi connectivity index (χ0n) is 13.5. The van der Waals surface area contributed by atoms with Crippen molar-refractivity contribution < 1.29 is 8.42 Å². The first-order valence-corrected chi connectivity index (χ1v) is 10.4. The van der Waals surface area contributed by atoms with Gasteiger partial charge in [0.2, 0.25) is 0 Å². The fourth-order valence-corrected chi connectivity index (χ4v) is 4.87. The van der Waals surface area contributed by atoms with Crippen LogP contribution in [-0.4, -0.2) is 56.5 Å². The molecule has 1 N–H and O–H groups in total. The molecule has 0 unspecified atom stereocenters. The summed E-state index contributed by atoms with van der Waals surface area (Å²) < 4.78 is 28.7. The number of thiazole rings is 1. The number of hydrogen-bond acceptors (Lipinski definition) is 7. The summed E-state index contributed by atoms with van der Waals surface area (Å²) in [6.45, 7) is 3.41. The summed E-state index contributed by atoms with van der Waals surface area (Å²) in [6.07, 6.45) is 3.05. The lowest BCUT2D eigenvalue weighted by molar-refractivity contribution is 0.246. The second-order valence-corrected chi connectivity index (χ2v) is 9.91. The molecule has 10 heteroatoms. The van der Waals surface area contributed by atoms with Crippen LogP contribution in [0.2, 0.25) is 0 Å². The summed E-state index contributed by atoms with van der Waals surface area (Å²) in [4.78, 5) is 12.6. The third kappa shape index (κ3) is 3.56. The molecule has 1 fully saturated rings. The van der Waals surface area contributed by atoms with E-state index in [1.165, 1.54) is 6.20 Å². The van der Waals surface area contributed by atoms with E-state index in [2.05, 4.69) is 40.4 Å². The number of anilines is 2. The number of aryl methyl sites for hydroxylation is 1. The zero-order chi connectivity index (χ0) is 17.5. The van der Waals surface area contributed by atoms with Gasteiger partial charge in [0.15, 0.2) is 10.0 Å². The van der Waals surface area contributed by atoms with Gasteiger partial charge in [-0.3, -0.25) is 4.72 Å². The van der Waals surface area contributed by atoms with Crippen molar-refractivity contribution in [3.63, 3.8) is 0 Å². The second kappa shape index (κ2) is 6.58. The van der Waals surface area contributed by atoms with Gasteiger partial charge in [-0.05, 0) is 43.0 Å². The van der Waals surface area contributed by atoms with E-state index >= 15 is 0 Å². The summed E-state index contributed by atoms with van der Waals surface area (Å²) >= 11 is 4.50. The van der Waals surface area contributed by atoms with Gasteiger partial charge >= 0.3 is 0 Å². The number of hydrogen-bond donors (Lipinski definition) is 1. The number of halogens is 1. The largest absolute Gasteiger partial charge is 0.352 e. The minimum atomic E-state index is -3.67. The minimum absolute atomic E-state index is 0.195. The standard InChI is InChI=1S/C14H18BrN5O2S2/c1-9-16-6-13(23-9)24(21,22)18-12-4-10(15)5-17-14(12)20-7-11(8-20)19(2)3/h4-6,11,18H,7-8H2,1-3H3. The Kier molecular flexibility index (Phi) is 4.82. The Labute approximate surface area is 153 Å². The Morgan fingerprint density at radius 1 is 1.33 bits per heavy atom. The van der Waals surface area contributed by atoms with Crippen molar-refractivity contribution in [2.75, 3.05) is 36.8 Å². The molecule has 24 heavy (non-hydrogen) atoms. The molecule has 2 aromatic rings. The molecule has 7 nitrogen and oxygen atoms in total. The molecule has 0 atom stereocenters. The number of sulfonamides is 1. The molecule has 1 aliphatic rings. The minimum Gasteiger partial charge on any atom is -0.352 e. The Morgan fingerprint density at radius 2 is 2.04 bits per heavy atom. The van der Waals surface area contributed by atoms with Crippen LogP contribution in [0.3, 0.4) is 0 Å². The van der Waals surface area contributed by atoms with Crippen LogP contribution >= 0.6 is 27.3 Å². The van der Waals surface area contributed by atoms with Crippen LogP contribution in [0.5, 0.6) is 0 Å². The summed E-state index contributed by atoms with van der Waals surface area (Å²) in [7, 11) is 0.398. The molecule has 0 amide bonds. The van der Waals surface area contributed by atoms with Gasteiger partial charge < -0.3 is 9.80 Å². The van der Waals surface area contributed by atoms with Gasteiger partial charge in [-0.15, -0.1) is 11.3 Å². The highest BCUT2D eigenvalue weighted by molar-refractivity contribution is 9.10. The third-order valence-corrected chi connectivity index (χ3v) is 7.01. The maximum atomic E-state index is 12.6. The van der Waals surface area contributed by atoms with E-state index in [4.69, 9.17) is 0 Å². The molecule has 1 saturated heterocycles. The summed E-state index contributed by atoms with van der Waals surface area (Å²) in [5.74, 6) is 0.640. The van der Waals surface area contributed by atoms with Crippen molar-refractivity contribution in [3.8, 4) is 0 Å². The van der Waals surface area contributed by atoms with Gasteiger partial charge in [0.05, 0.1) is 16.9 Å². The average molecular weight is 432 g/mol.